The van der Waals surface area contributed by atoms with Gasteiger partial charge in [-0.2, -0.15) is 0 Å². The van der Waals surface area contributed by atoms with E-state index < -0.39 is 6.04 Å². The van der Waals surface area contributed by atoms with E-state index in [9.17, 15) is 14.0 Å². The molecule has 2 aromatic carbocycles. The molecule has 0 radical (unpaired) electrons. The zero-order valence-electron chi connectivity index (χ0n) is 25.4. The average Bonchev–Trinajstić information content (AvgIpc) is 3.37. The first-order valence-corrected chi connectivity index (χ1v) is 15.7. The third kappa shape index (κ3) is 7.95. The van der Waals surface area contributed by atoms with Crippen LogP contribution in [0.1, 0.15) is 57.2 Å². The third-order valence-electron chi connectivity index (χ3n) is 8.42. The molecule has 0 bridgehead atoms. The predicted molar refractivity (Wildman–Crippen MR) is 169 cm³/mol. The zero-order chi connectivity index (χ0) is 30.6. The number of hydrogen-bond donors (Lipinski definition) is 1. The first-order valence-electron chi connectivity index (χ1n) is 14.9. The van der Waals surface area contributed by atoms with Gasteiger partial charge in [0, 0.05) is 67.3 Å². The normalized spacial score (nSPS) is 18.2. The molecule has 1 N–H and O–H groups in total. The van der Waals surface area contributed by atoms with Crippen molar-refractivity contribution in [3.63, 3.8) is 0 Å². The van der Waals surface area contributed by atoms with E-state index >= 15 is 0 Å². The summed E-state index contributed by atoms with van der Waals surface area (Å²) in [7, 11) is 4.05. The third-order valence-corrected chi connectivity index (χ3v) is 9.01. The summed E-state index contributed by atoms with van der Waals surface area (Å²) in [6.07, 6.45) is 2.52. The van der Waals surface area contributed by atoms with E-state index in [-0.39, 0.29) is 29.8 Å². The van der Waals surface area contributed by atoms with Crippen LogP contribution < -0.4 is 10.2 Å². The molecule has 0 saturated carbocycles. The molecular formula is C32H44Cl2FN5O2. The Labute approximate surface area is 259 Å². The fourth-order valence-electron chi connectivity index (χ4n) is 5.89. The average molecular weight is 621 g/mol. The second-order valence-corrected chi connectivity index (χ2v) is 13.0. The van der Waals surface area contributed by atoms with Crippen molar-refractivity contribution in [3.8, 4) is 0 Å². The van der Waals surface area contributed by atoms with Gasteiger partial charge in [-0.3, -0.25) is 19.8 Å². The summed E-state index contributed by atoms with van der Waals surface area (Å²) in [5.74, 6) is 0.106. The maximum Gasteiger partial charge on any atom is 0.245 e. The van der Waals surface area contributed by atoms with E-state index in [1.807, 2.05) is 31.1 Å². The van der Waals surface area contributed by atoms with Crippen molar-refractivity contribution in [2.24, 2.45) is 5.92 Å². The highest BCUT2D eigenvalue weighted by molar-refractivity contribution is 6.35. The van der Waals surface area contributed by atoms with Gasteiger partial charge in [-0.15, -0.1) is 0 Å². The van der Waals surface area contributed by atoms with Gasteiger partial charge in [0.05, 0.1) is 6.17 Å². The highest BCUT2D eigenvalue weighted by Crippen LogP contribution is 2.33. The molecule has 7 nitrogen and oxygen atoms in total. The highest BCUT2D eigenvalue weighted by Gasteiger charge is 2.37. The van der Waals surface area contributed by atoms with Gasteiger partial charge < -0.3 is 14.7 Å². The predicted octanol–water partition coefficient (Wildman–Crippen LogP) is 5.60. The number of nitrogens with zero attached hydrogens (tertiary/aromatic N) is 4. The summed E-state index contributed by atoms with van der Waals surface area (Å²) >= 11 is 12.6. The molecule has 3 atom stereocenters. The van der Waals surface area contributed by atoms with Crippen LogP contribution in [0, 0.1) is 11.7 Å². The first-order chi connectivity index (χ1) is 19.9. The fraction of sp³-hybridized carbons (Fsp3) is 0.562. The summed E-state index contributed by atoms with van der Waals surface area (Å²) in [5, 5.41) is 4.71. The number of halogens is 3. The lowest BCUT2D eigenvalue weighted by molar-refractivity contribution is -0.143. The van der Waals surface area contributed by atoms with Gasteiger partial charge in [0.25, 0.3) is 0 Å². The molecule has 3 unspecified atom stereocenters. The lowest BCUT2D eigenvalue weighted by atomic mass is 9.94. The number of benzene rings is 2. The highest BCUT2D eigenvalue weighted by atomic mass is 35.5. The van der Waals surface area contributed by atoms with E-state index in [1.54, 1.807) is 23.1 Å². The van der Waals surface area contributed by atoms with Crippen molar-refractivity contribution in [1.82, 2.24) is 20.0 Å². The summed E-state index contributed by atoms with van der Waals surface area (Å²) in [4.78, 5) is 34.6. The topological polar surface area (TPSA) is 59.1 Å². The number of anilines is 1. The van der Waals surface area contributed by atoms with Gasteiger partial charge in [-0.1, -0.05) is 43.1 Å². The molecule has 2 aliphatic rings. The Bertz CT molecular complexity index is 1250. The summed E-state index contributed by atoms with van der Waals surface area (Å²) < 4.78 is 14.6. The molecule has 0 aliphatic carbocycles. The quantitative estimate of drug-likeness (QED) is 0.332. The van der Waals surface area contributed by atoms with Crippen molar-refractivity contribution in [2.45, 2.75) is 64.7 Å². The second kappa shape index (κ2) is 14.4. The van der Waals surface area contributed by atoms with Crippen molar-refractivity contribution >= 4 is 40.7 Å². The van der Waals surface area contributed by atoms with Crippen LogP contribution >= 0.6 is 23.2 Å². The Morgan fingerprint density at radius 1 is 1.02 bits per heavy atom. The van der Waals surface area contributed by atoms with Crippen molar-refractivity contribution in [1.29, 1.82) is 0 Å². The smallest absolute Gasteiger partial charge is 0.245 e. The monoisotopic (exact) mass is 619 g/mol. The number of hydrogen-bond acceptors (Lipinski definition) is 5. The summed E-state index contributed by atoms with van der Waals surface area (Å²) in [5.41, 5.74) is 2.73. The molecule has 42 heavy (non-hydrogen) atoms. The van der Waals surface area contributed by atoms with Crippen LogP contribution in [0.4, 0.5) is 10.1 Å². The molecule has 2 fully saturated rings. The Balaban J connectivity index is 1.53. The lowest BCUT2D eigenvalue weighted by Crippen LogP contribution is -2.56. The van der Waals surface area contributed by atoms with Crippen LogP contribution in [0.15, 0.2) is 36.4 Å². The van der Waals surface area contributed by atoms with E-state index in [0.29, 0.717) is 61.5 Å². The fourth-order valence-corrected chi connectivity index (χ4v) is 6.38. The van der Waals surface area contributed by atoms with Crippen LogP contribution in [0.5, 0.6) is 0 Å². The van der Waals surface area contributed by atoms with Crippen molar-refractivity contribution in [3.05, 3.63) is 63.4 Å². The maximum absolute atomic E-state index is 14.6. The first kappa shape index (κ1) is 32.5. The van der Waals surface area contributed by atoms with E-state index in [0.717, 1.165) is 29.7 Å². The number of piperazine rings is 1. The number of nitrogens with one attached hydrogen (secondary N) is 1. The molecule has 2 aliphatic heterocycles. The minimum Gasteiger partial charge on any atom is -0.368 e. The molecular weight excluding hydrogens is 576 g/mol. The molecule has 2 saturated heterocycles. The Hall–Kier alpha value is -2.39. The zero-order valence-corrected chi connectivity index (χ0v) is 26.9. The number of amides is 2. The van der Waals surface area contributed by atoms with Crippen LogP contribution in [0.3, 0.4) is 0 Å². The Morgan fingerprint density at radius 3 is 2.33 bits per heavy atom. The van der Waals surface area contributed by atoms with Gasteiger partial charge in [0.15, 0.2) is 0 Å². The number of rotatable bonds is 11. The van der Waals surface area contributed by atoms with Gasteiger partial charge in [0.2, 0.25) is 11.8 Å². The number of carbonyl (C=O) groups excluding carboxylic acids is 2. The largest absolute Gasteiger partial charge is 0.368 e. The van der Waals surface area contributed by atoms with Crippen LogP contribution in [-0.2, 0) is 16.0 Å². The van der Waals surface area contributed by atoms with Crippen LogP contribution in [0.2, 0.25) is 10.0 Å². The molecule has 2 amide bonds. The maximum atomic E-state index is 14.6. The lowest BCUT2D eigenvalue weighted by Gasteiger charge is -2.40. The molecule has 0 spiro atoms. The number of likely N-dealkylation sites (tertiary alicyclic amines) is 1. The molecule has 4 rings (SSSR count). The van der Waals surface area contributed by atoms with Gasteiger partial charge in [-0.05, 0) is 81.2 Å². The van der Waals surface area contributed by atoms with Gasteiger partial charge >= 0.3 is 0 Å². The standard InChI is InChI=1S/C32H44Cl2FN5O2/c1-21(2)17-28(36-22(3)37(4)5)26-20-25(35)10-11-29(26)38-13-15-39(16-14-38)32(42)30(40-12-6-7-31(40)41)18-23-8-9-24(33)19-27(23)34/h8-11,19-22,28,30,36H,6-7,12-18H2,1-5H3. The molecule has 10 heteroatoms. The minimum absolute atomic E-state index is 0.00340. The Morgan fingerprint density at radius 2 is 1.74 bits per heavy atom. The molecule has 2 heterocycles. The molecule has 2 aromatic rings. The second-order valence-electron chi connectivity index (χ2n) is 12.2. The molecule has 0 aromatic heterocycles. The number of carbonyl (C=O) groups is 2. The van der Waals surface area contributed by atoms with E-state index in [2.05, 4.69) is 35.9 Å². The summed E-state index contributed by atoms with van der Waals surface area (Å²) in [6, 6.07) is 9.66. The van der Waals surface area contributed by atoms with Gasteiger partial charge in [-0.25, -0.2) is 4.39 Å². The minimum atomic E-state index is -0.612. The Kier molecular flexibility index (Phi) is 11.1. The van der Waals surface area contributed by atoms with Crippen LogP contribution in [-0.4, -0.2) is 85.5 Å². The SMILES string of the molecule is CC(C)CC(NC(C)N(C)C)c1cc(F)ccc1N1CCN(C(=O)C(Cc2ccc(Cl)cc2Cl)N2CCCC2=O)CC1. The van der Waals surface area contributed by atoms with E-state index in [1.165, 1.54) is 6.07 Å². The van der Waals surface area contributed by atoms with Crippen molar-refractivity contribution in [2.75, 3.05) is 51.7 Å². The van der Waals surface area contributed by atoms with Gasteiger partial charge in [0.1, 0.15) is 11.9 Å². The summed E-state index contributed by atoms with van der Waals surface area (Å²) in [6.45, 7) is 9.28. The van der Waals surface area contributed by atoms with Crippen LogP contribution in [0.25, 0.3) is 0 Å². The van der Waals surface area contributed by atoms with E-state index in [4.69, 9.17) is 23.2 Å². The molecule has 230 valence electrons. The van der Waals surface area contributed by atoms with Crippen molar-refractivity contribution < 1.29 is 14.0 Å².